The lowest BCUT2D eigenvalue weighted by atomic mass is 10.2. The fourth-order valence-electron chi connectivity index (χ4n) is 1.95. The van der Waals surface area contributed by atoms with Crippen LogP contribution in [0.25, 0.3) is 0 Å². The maximum atomic E-state index is 12.0. The number of nitrogens with one attached hydrogen (secondary N) is 1. The topological polar surface area (TPSA) is 49.4 Å². The molecule has 0 spiro atoms. The Morgan fingerprint density at radius 2 is 2.18 bits per heavy atom. The van der Waals surface area contributed by atoms with Crippen LogP contribution in [0.15, 0.2) is 11.6 Å². The largest absolute Gasteiger partial charge is 0.317 e. The molecule has 0 atom stereocenters. The standard InChI is InChI=1S/C12H24N2O2S/c1-3-13-8-4-5-10-17(15,16)14-9-6-7-12(2)11-14/h7,13H,3-6,8-11H2,1-2H3. The second kappa shape index (κ2) is 7.13. The highest BCUT2D eigenvalue weighted by atomic mass is 32.2. The van der Waals surface area contributed by atoms with Crippen molar-refractivity contribution in [2.75, 3.05) is 31.9 Å². The Balaban J connectivity index is 2.33. The van der Waals surface area contributed by atoms with Crippen molar-refractivity contribution in [3.63, 3.8) is 0 Å². The van der Waals surface area contributed by atoms with Crippen molar-refractivity contribution in [3.8, 4) is 0 Å². The van der Waals surface area contributed by atoms with E-state index < -0.39 is 10.0 Å². The van der Waals surface area contributed by atoms with E-state index in [1.807, 2.05) is 6.92 Å². The number of unbranched alkanes of at least 4 members (excludes halogenated alkanes) is 1. The van der Waals surface area contributed by atoms with Crippen LogP contribution in [0.4, 0.5) is 0 Å². The van der Waals surface area contributed by atoms with Crippen LogP contribution >= 0.6 is 0 Å². The molecule has 0 radical (unpaired) electrons. The van der Waals surface area contributed by atoms with Crippen LogP contribution in [0, 0.1) is 0 Å². The maximum Gasteiger partial charge on any atom is 0.214 e. The molecule has 0 bridgehead atoms. The van der Waals surface area contributed by atoms with Crippen LogP contribution in [0.1, 0.15) is 33.1 Å². The molecule has 4 nitrogen and oxygen atoms in total. The first-order valence-electron chi connectivity index (χ1n) is 6.40. The lowest BCUT2D eigenvalue weighted by Gasteiger charge is -2.25. The smallest absolute Gasteiger partial charge is 0.214 e. The quantitative estimate of drug-likeness (QED) is 0.555. The molecule has 1 aliphatic heterocycles. The van der Waals surface area contributed by atoms with Gasteiger partial charge in [0.15, 0.2) is 0 Å². The highest BCUT2D eigenvalue weighted by molar-refractivity contribution is 7.89. The van der Waals surface area contributed by atoms with E-state index >= 15 is 0 Å². The predicted octanol–water partition coefficient (Wildman–Crippen LogP) is 1.36. The minimum absolute atomic E-state index is 0.283. The van der Waals surface area contributed by atoms with Gasteiger partial charge in [0, 0.05) is 13.1 Å². The molecule has 1 N–H and O–H groups in total. The van der Waals surface area contributed by atoms with Crippen LogP contribution < -0.4 is 5.32 Å². The van der Waals surface area contributed by atoms with Gasteiger partial charge in [0.2, 0.25) is 10.0 Å². The van der Waals surface area contributed by atoms with Crippen LogP contribution in [-0.2, 0) is 10.0 Å². The number of hydrogen-bond acceptors (Lipinski definition) is 3. The highest BCUT2D eigenvalue weighted by Crippen LogP contribution is 2.14. The number of rotatable bonds is 7. The van der Waals surface area contributed by atoms with Crippen LogP contribution in [0.5, 0.6) is 0 Å². The van der Waals surface area contributed by atoms with Crippen molar-refractivity contribution in [1.29, 1.82) is 0 Å². The predicted molar refractivity (Wildman–Crippen MR) is 71.5 cm³/mol. The Hall–Kier alpha value is -0.390. The van der Waals surface area contributed by atoms with Crippen LogP contribution in [-0.4, -0.2) is 44.7 Å². The second-order valence-electron chi connectivity index (χ2n) is 4.55. The molecule has 100 valence electrons. The third kappa shape index (κ3) is 5.19. The van der Waals surface area contributed by atoms with Gasteiger partial charge in [-0.2, -0.15) is 4.31 Å². The van der Waals surface area contributed by atoms with Crippen molar-refractivity contribution in [2.24, 2.45) is 0 Å². The normalized spacial score (nSPS) is 18.1. The van der Waals surface area contributed by atoms with Gasteiger partial charge >= 0.3 is 0 Å². The summed E-state index contributed by atoms with van der Waals surface area (Å²) in [6.07, 6.45) is 4.64. The third-order valence-electron chi connectivity index (χ3n) is 2.95. The Morgan fingerprint density at radius 3 is 2.82 bits per heavy atom. The average Bonchev–Trinajstić information content (AvgIpc) is 2.29. The molecule has 0 aromatic carbocycles. The Morgan fingerprint density at radius 1 is 1.41 bits per heavy atom. The first-order valence-corrected chi connectivity index (χ1v) is 8.01. The van der Waals surface area contributed by atoms with E-state index in [0.717, 1.165) is 37.9 Å². The van der Waals surface area contributed by atoms with Gasteiger partial charge in [0.05, 0.1) is 5.75 Å². The molecule has 5 heteroatoms. The summed E-state index contributed by atoms with van der Waals surface area (Å²) in [6, 6.07) is 0. The molecular formula is C12H24N2O2S. The minimum Gasteiger partial charge on any atom is -0.317 e. The van der Waals surface area contributed by atoms with Gasteiger partial charge in [-0.15, -0.1) is 0 Å². The second-order valence-corrected chi connectivity index (χ2v) is 6.64. The first-order chi connectivity index (χ1) is 8.06. The average molecular weight is 260 g/mol. The van der Waals surface area contributed by atoms with Gasteiger partial charge in [-0.3, -0.25) is 0 Å². The SMILES string of the molecule is CCNCCCCS(=O)(=O)N1CCC=C(C)C1. The molecular weight excluding hydrogens is 236 g/mol. The fraction of sp³-hybridized carbons (Fsp3) is 0.833. The molecule has 0 aliphatic carbocycles. The van der Waals surface area contributed by atoms with E-state index in [-0.39, 0.29) is 5.75 Å². The van der Waals surface area contributed by atoms with Gasteiger partial charge in [-0.25, -0.2) is 8.42 Å². The zero-order valence-corrected chi connectivity index (χ0v) is 11.7. The molecule has 0 fully saturated rings. The summed E-state index contributed by atoms with van der Waals surface area (Å²) in [4.78, 5) is 0. The summed E-state index contributed by atoms with van der Waals surface area (Å²) in [5, 5.41) is 3.20. The Bertz CT molecular complexity index is 350. The lowest BCUT2D eigenvalue weighted by molar-refractivity contribution is 0.426. The van der Waals surface area contributed by atoms with Crippen molar-refractivity contribution in [2.45, 2.75) is 33.1 Å². The van der Waals surface area contributed by atoms with Gasteiger partial charge in [0.1, 0.15) is 0 Å². The van der Waals surface area contributed by atoms with E-state index in [0.29, 0.717) is 13.1 Å². The summed E-state index contributed by atoms with van der Waals surface area (Å²) in [5.41, 5.74) is 1.16. The minimum atomic E-state index is -3.04. The van der Waals surface area contributed by atoms with Crippen LogP contribution in [0.3, 0.4) is 0 Å². The molecule has 1 aliphatic rings. The van der Waals surface area contributed by atoms with Crippen molar-refractivity contribution >= 4 is 10.0 Å². The van der Waals surface area contributed by atoms with Gasteiger partial charge in [-0.1, -0.05) is 18.6 Å². The molecule has 0 aromatic heterocycles. The van der Waals surface area contributed by atoms with E-state index in [1.54, 1.807) is 4.31 Å². The Kier molecular flexibility index (Phi) is 6.16. The fourth-order valence-corrected chi connectivity index (χ4v) is 3.57. The third-order valence-corrected chi connectivity index (χ3v) is 4.85. The molecule has 0 aromatic rings. The molecule has 0 saturated heterocycles. The van der Waals surface area contributed by atoms with Gasteiger partial charge in [0.25, 0.3) is 0 Å². The maximum absolute atomic E-state index is 12.0. The summed E-state index contributed by atoms with van der Waals surface area (Å²) in [7, 11) is -3.04. The van der Waals surface area contributed by atoms with Crippen molar-refractivity contribution in [3.05, 3.63) is 11.6 Å². The first kappa shape index (κ1) is 14.7. The molecule has 1 rings (SSSR count). The molecule has 0 saturated carbocycles. The molecule has 0 unspecified atom stereocenters. The number of hydrogen-bond donors (Lipinski definition) is 1. The summed E-state index contributed by atoms with van der Waals surface area (Å²) in [5.74, 6) is 0.283. The zero-order valence-electron chi connectivity index (χ0n) is 10.9. The van der Waals surface area contributed by atoms with Crippen molar-refractivity contribution < 1.29 is 8.42 Å². The molecule has 0 amide bonds. The summed E-state index contributed by atoms with van der Waals surface area (Å²) in [6.45, 7) is 7.13. The molecule has 17 heavy (non-hydrogen) atoms. The number of nitrogens with zero attached hydrogens (tertiary/aromatic N) is 1. The Labute approximate surface area is 105 Å². The summed E-state index contributed by atoms with van der Waals surface area (Å²) >= 11 is 0. The van der Waals surface area contributed by atoms with E-state index in [2.05, 4.69) is 18.3 Å². The zero-order chi connectivity index (χ0) is 12.7. The van der Waals surface area contributed by atoms with E-state index in [4.69, 9.17) is 0 Å². The number of sulfonamides is 1. The van der Waals surface area contributed by atoms with Gasteiger partial charge < -0.3 is 5.32 Å². The monoisotopic (exact) mass is 260 g/mol. The van der Waals surface area contributed by atoms with Gasteiger partial charge in [-0.05, 0) is 39.3 Å². The van der Waals surface area contributed by atoms with Crippen LogP contribution in [0.2, 0.25) is 0 Å². The summed E-state index contributed by atoms with van der Waals surface area (Å²) < 4.78 is 25.7. The lowest BCUT2D eigenvalue weighted by Crippen LogP contribution is -2.37. The van der Waals surface area contributed by atoms with E-state index in [1.165, 1.54) is 0 Å². The highest BCUT2D eigenvalue weighted by Gasteiger charge is 2.22. The van der Waals surface area contributed by atoms with Crippen molar-refractivity contribution in [1.82, 2.24) is 9.62 Å². The molecule has 1 heterocycles. The van der Waals surface area contributed by atoms with E-state index in [9.17, 15) is 8.42 Å².